The lowest BCUT2D eigenvalue weighted by atomic mass is 10.1. The van der Waals surface area contributed by atoms with Gasteiger partial charge in [-0.05, 0) is 45.4 Å². The maximum absolute atomic E-state index is 4.48. The van der Waals surface area contributed by atoms with Gasteiger partial charge in [0.25, 0.3) is 0 Å². The van der Waals surface area contributed by atoms with Gasteiger partial charge in [-0.3, -0.25) is 4.68 Å². The monoisotopic (exact) mass is 321 g/mol. The van der Waals surface area contributed by atoms with E-state index < -0.39 is 0 Å². The summed E-state index contributed by atoms with van der Waals surface area (Å²) in [5.41, 5.74) is 5.97. The van der Waals surface area contributed by atoms with Crippen LogP contribution in [0.1, 0.15) is 35.5 Å². The molecule has 2 rings (SSSR count). The molecule has 1 N–H and O–H groups in total. The van der Waals surface area contributed by atoms with Gasteiger partial charge in [-0.25, -0.2) is 0 Å². The number of hydrogen-bond acceptors (Lipinski definition) is 2. The van der Waals surface area contributed by atoms with Crippen LogP contribution in [0.2, 0.25) is 0 Å². The molecule has 1 aromatic heterocycles. The van der Waals surface area contributed by atoms with E-state index in [0.29, 0.717) is 0 Å². The minimum absolute atomic E-state index is 0.238. The molecule has 0 radical (unpaired) electrons. The standard InChI is InChI=1S/C15H20BrN3/c1-9-13(16)7-6-8-14(9)17-10(2)15-11(3)18-19(5)12(15)4/h6-8,10,17H,1-5H3. The predicted molar refractivity (Wildman–Crippen MR) is 83.6 cm³/mol. The number of nitrogens with one attached hydrogen (secondary N) is 1. The van der Waals surface area contributed by atoms with Crippen LogP contribution in [0.4, 0.5) is 5.69 Å². The molecule has 1 aromatic carbocycles. The lowest BCUT2D eigenvalue weighted by molar-refractivity contribution is 0.728. The first-order valence-corrected chi connectivity index (χ1v) is 7.23. The van der Waals surface area contributed by atoms with Crippen molar-refractivity contribution in [2.24, 2.45) is 7.05 Å². The van der Waals surface area contributed by atoms with Crippen molar-refractivity contribution in [1.82, 2.24) is 9.78 Å². The van der Waals surface area contributed by atoms with Gasteiger partial charge in [0.05, 0.1) is 11.7 Å². The van der Waals surface area contributed by atoms with E-state index >= 15 is 0 Å². The van der Waals surface area contributed by atoms with E-state index in [1.807, 2.05) is 11.7 Å². The van der Waals surface area contributed by atoms with Gasteiger partial charge in [0.1, 0.15) is 0 Å². The average Bonchev–Trinajstić information content (AvgIpc) is 2.59. The van der Waals surface area contributed by atoms with Crippen LogP contribution in [0.3, 0.4) is 0 Å². The Kier molecular flexibility index (Phi) is 3.99. The Morgan fingerprint density at radius 1 is 1.26 bits per heavy atom. The number of anilines is 1. The van der Waals surface area contributed by atoms with Gasteiger partial charge in [-0.2, -0.15) is 5.10 Å². The molecule has 4 heteroatoms. The third kappa shape index (κ3) is 2.68. The van der Waals surface area contributed by atoms with Crippen LogP contribution in [0.25, 0.3) is 0 Å². The first kappa shape index (κ1) is 14.1. The van der Waals surface area contributed by atoms with Crippen molar-refractivity contribution in [2.75, 3.05) is 5.32 Å². The number of rotatable bonds is 3. The summed E-state index contributed by atoms with van der Waals surface area (Å²) < 4.78 is 3.07. The van der Waals surface area contributed by atoms with Crippen LogP contribution in [0.15, 0.2) is 22.7 Å². The van der Waals surface area contributed by atoms with Crippen LogP contribution in [0, 0.1) is 20.8 Å². The lowest BCUT2D eigenvalue weighted by Crippen LogP contribution is -2.10. The Hall–Kier alpha value is -1.29. The van der Waals surface area contributed by atoms with Crippen molar-refractivity contribution in [1.29, 1.82) is 0 Å². The molecule has 0 spiro atoms. The summed E-state index contributed by atoms with van der Waals surface area (Å²) in [4.78, 5) is 0. The SMILES string of the molecule is Cc1nn(C)c(C)c1C(C)Nc1cccc(Br)c1C. The van der Waals surface area contributed by atoms with Gasteiger partial charge in [0.15, 0.2) is 0 Å². The maximum atomic E-state index is 4.48. The molecule has 19 heavy (non-hydrogen) atoms. The van der Waals surface area contributed by atoms with E-state index in [0.717, 1.165) is 15.9 Å². The second-order valence-corrected chi connectivity index (χ2v) is 5.84. The lowest BCUT2D eigenvalue weighted by Gasteiger charge is -2.18. The molecule has 1 unspecified atom stereocenters. The molecule has 0 amide bonds. The van der Waals surface area contributed by atoms with Crippen LogP contribution >= 0.6 is 15.9 Å². The van der Waals surface area contributed by atoms with E-state index in [4.69, 9.17) is 0 Å². The molecule has 0 saturated heterocycles. The number of hydrogen-bond donors (Lipinski definition) is 1. The maximum Gasteiger partial charge on any atom is 0.0649 e. The van der Waals surface area contributed by atoms with Gasteiger partial charge < -0.3 is 5.32 Å². The molecule has 0 aliphatic rings. The van der Waals surface area contributed by atoms with E-state index in [1.54, 1.807) is 0 Å². The summed E-state index contributed by atoms with van der Waals surface area (Å²) in [6.07, 6.45) is 0. The summed E-state index contributed by atoms with van der Waals surface area (Å²) in [5, 5.41) is 8.06. The summed E-state index contributed by atoms with van der Waals surface area (Å²) in [5.74, 6) is 0. The Labute approximate surface area is 123 Å². The molecule has 0 fully saturated rings. The number of halogens is 1. The number of aryl methyl sites for hydroxylation is 2. The van der Waals surface area contributed by atoms with Gasteiger partial charge >= 0.3 is 0 Å². The van der Waals surface area contributed by atoms with Crippen molar-refractivity contribution in [2.45, 2.75) is 33.7 Å². The van der Waals surface area contributed by atoms with Crippen LogP contribution < -0.4 is 5.32 Å². The first-order chi connectivity index (χ1) is 8.91. The third-order valence-corrected chi connectivity index (χ3v) is 4.50. The number of nitrogens with zero attached hydrogens (tertiary/aromatic N) is 2. The van der Waals surface area contributed by atoms with E-state index in [9.17, 15) is 0 Å². The normalized spacial score (nSPS) is 12.5. The van der Waals surface area contributed by atoms with Crippen molar-refractivity contribution >= 4 is 21.6 Å². The molecule has 2 aromatic rings. The van der Waals surface area contributed by atoms with Crippen molar-refractivity contribution < 1.29 is 0 Å². The number of benzene rings is 1. The molecular weight excluding hydrogens is 302 g/mol. The minimum Gasteiger partial charge on any atom is -0.378 e. The Morgan fingerprint density at radius 2 is 1.95 bits per heavy atom. The van der Waals surface area contributed by atoms with Gasteiger partial charge in [-0.15, -0.1) is 0 Å². The van der Waals surface area contributed by atoms with Gasteiger partial charge in [-0.1, -0.05) is 22.0 Å². The molecule has 102 valence electrons. The second-order valence-electron chi connectivity index (χ2n) is 4.99. The zero-order valence-electron chi connectivity index (χ0n) is 12.1. The smallest absolute Gasteiger partial charge is 0.0649 e. The highest BCUT2D eigenvalue weighted by Gasteiger charge is 2.16. The molecule has 0 saturated carbocycles. The average molecular weight is 322 g/mol. The third-order valence-electron chi connectivity index (χ3n) is 3.64. The zero-order valence-corrected chi connectivity index (χ0v) is 13.7. The largest absolute Gasteiger partial charge is 0.378 e. The fraction of sp³-hybridized carbons (Fsp3) is 0.400. The summed E-state index contributed by atoms with van der Waals surface area (Å²) in [7, 11) is 1.99. The van der Waals surface area contributed by atoms with Crippen LogP contribution in [-0.2, 0) is 7.05 Å². The van der Waals surface area contributed by atoms with Crippen molar-refractivity contribution in [3.8, 4) is 0 Å². The first-order valence-electron chi connectivity index (χ1n) is 6.43. The zero-order chi connectivity index (χ0) is 14.2. The molecule has 0 bridgehead atoms. The highest BCUT2D eigenvalue weighted by molar-refractivity contribution is 9.10. The molecule has 1 heterocycles. The summed E-state index contributed by atoms with van der Waals surface area (Å²) in [6, 6.07) is 6.46. The van der Waals surface area contributed by atoms with E-state index in [1.165, 1.54) is 16.8 Å². The second kappa shape index (κ2) is 5.37. The summed E-state index contributed by atoms with van der Waals surface area (Å²) in [6.45, 7) is 8.47. The Bertz CT molecular complexity index is 602. The van der Waals surface area contributed by atoms with Crippen LogP contribution in [-0.4, -0.2) is 9.78 Å². The fourth-order valence-electron chi connectivity index (χ4n) is 2.49. The van der Waals surface area contributed by atoms with E-state index in [-0.39, 0.29) is 6.04 Å². The predicted octanol–water partition coefficient (Wildman–Crippen LogP) is 4.28. The molecule has 1 atom stereocenters. The minimum atomic E-state index is 0.238. The van der Waals surface area contributed by atoms with Gasteiger partial charge in [0.2, 0.25) is 0 Å². The van der Waals surface area contributed by atoms with E-state index in [2.05, 4.69) is 72.2 Å². The summed E-state index contributed by atoms with van der Waals surface area (Å²) >= 11 is 3.57. The van der Waals surface area contributed by atoms with Crippen molar-refractivity contribution in [3.05, 3.63) is 45.2 Å². The topological polar surface area (TPSA) is 29.9 Å². The van der Waals surface area contributed by atoms with Crippen LogP contribution in [0.5, 0.6) is 0 Å². The molecular formula is C15H20BrN3. The molecule has 3 nitrogen and oxygen atoms in total. The van der Waals surface area contributed by atoms with Crippen molar-refractivity contribution in [3.63, 3.8) is 0 Å². The highest BCUT2D eigenvalue weighted by atomic mass is 79.9. The Balaban J connectivity index is 2.31. The Morgan fingerprint density at radius 3 is 2.53 bits per heavy atom. The molecule has 0 aliphatic carbocycles. The fourth-order valence-corrected chi connectivity index (χ4v) is 2.85. The molecule has 0 aliphatic heterocycles. The quantitative estimate of drug-likeness (QED) is 0.914. The van der Waals surface area contributed by atoms with Gasteiger partial charge in [0, 0.05) is 28.5 Å². The number of aromatic nitrogens is 2. The highest BCUT2D eigenvalue weighted by Crippen LogP contribution is 2.29.